The van der Waals surface area contributed by atoms with Crippen LogP contribution in [0.15, 0.2) is 36.5 Å². The van der Waals surface area contributed by atoms with Gasteiger partial charge in [-0.25, -0.2) is 4.68 Å². The van der Waals surface area contributed by atoms with Gasteiger partial charge in [-0.15, -0.1) is 5.10 Å². The third kappa shape index (κ3) is 1.77. The molecule has 0 amide bonds. The lowest BCUT2D eigenvalue weighted by Crippen LogP contribution is -2.07. The number of aromatic nitrogens is 3. The first-order valence-corrected chi connectivity index (χ1v) is 4.42. The number of benzene rings is 1. The molecular weight excluding hydrogens is 194 g/mol. The summed E-state index contributed by atoms with van der Waals surface area (Å²) in [7, 11) is 0. The molecular formula is C10H9N3O2. The summed E-state index contributed by atoms with van der Waals surface area (Å²) in [6.45, 7) is 0. The molecule has 0 fully saturated rings. The van der Waals surface area contributed by atoms with Gasteiger partial charge in [0, 0.05) is 0 Å². The van der Waals surface area contributed by atoms with E-state index in [0.29, 0.717) is 12.0 Å². The second kappa shape index (κ2) is 4.02. The van der Waals surface area contributed by atoms with E-state index in [1.165, 1.54) is 10.9 Å². The van der Waals surface area contributed by atoms with Crippen molar-refractivity contribution in [3.63, 3.8) is 0 Å². The van der Waals surface area contributed by atoms with Crippen LogP contribution in [0.25, 0.3) is 5.69 Å². The van der Waals surface area contributed by atoms with Crippen LogP contribution in [0.2, 0.25) is 0 Å². The third-order valence-corrected chi connectivity index (χ3v) is 2.01. The van der Waals surface area contributed by atoms with E-state index >= 15 is 0 Å². The van der Waals surface area contributed by atoms with Crippen LogP contribution in [-0.4, -0.2) is 26.4 Å². The van der Waals surface area contributed by atoms with Gasteiger partial charge in [0.2, 0.25) is 0 Å². The molecule has 1 atom stereocenters. The Morgan fingerprint density at radius 1 is 1.33 bits per heavy atom. The number of carbonyl (C=O) groups is 1. The second-order valence-corrected chi connectivity index (χ2v) is 2.99. The van der Waals surface area contributed by atoms with Crippen LogP contribution in [0.4, 0.5) is 0 Å². The van der Waals surface area contributed by atoms with Crippen molar-refractivity contribution in [1.29, 1.82) is 0 Å². The zero-order chi connectivity index (χ0) is 10.7. The van der Waals surface area contributed by atoms with Crippen LogP contribution in [0.5, 0.6) is 0 Å². The minimum atomic E-state index is -1.19. The molecule has 1 aromatic carbocycles. The van der Waals surface area contributed by atoms with E-state index in [4.69, 9.17) is 0 Å². The highest BCUT2D eigenvalue weighted by molar-refractivity contribution is 5.58. The van der Waals surface area contributed by atoms with Crippen LogP contribution in [0, 0.1) is 0 Å². The Morgan fingerprint density at radius 3 is 2.73 bits per heavy atom. The van der Waals surface area contributed by atoms with Gasteiger partial charge in [-0.05, 0) is 12.1 Å². The lowest BCUT2D eigenvalue weighted by Gasteiger charge is -2.06. The Morgan fingerprint density at radius 2 is 2.07 bits per heavy atom. The van der Waals surface area contributed by atoms with E-state index in [9.17, 15) is 9.90 Å². The number of rotatable bonds is 3. The smallest absolute Gasteiger partial charge is 0.154 e. The third-order valence-electron chi connectivity index (χ3n) is 2.01. The highest BCUT2D eigenvalue weighted by Crippen LogP contribution is 2.13. The average molecular weight is 203 g/mol. The predicted molar refractivity (Wildman–Crippen MR) is 52.4 cm³/mol. The molecule has 0 aliphatic rings. The molecule has 0 saturated carbocycles. The van der Waals surface area contributed by atoms with Crippen LogP contribution in [-0.2, 0) is 4.79 Å². The first-order valence-electron chi connectivity index (χ1n) is 4.42. The number of aliphatic hydroxyl groups is 1. The number of hydrogen-bond acceptors (Lipinski definition) is 4. The molecule has 0 radical (unpaired) electrons. The minimum absolute atomic E-state index is 0.358. The van der Waals surface area contributed by atoms with Crippen molar-refractivity contribution in [3.05, 3.63) is 42.2 Å². The lowest BCUT2D eigenvalue weighted by molar-refractivity contribution is -0.115. The normalized spacial score (nSPS) is 12.3. The number of hydrogen-bond donors (Lipinski definition) is 1. The molecule has 5 heteroatoms. The molecule has 2 aromatic rings. The summed E-state index contributed by atoms with van der Waals surface area (Å²) in [6, 6.07) is 9.18. The van der Waals surface area contributed by atoms with E-state index < -0.39 is 6.10 Å². The highest BCUT2D eigenvalue weighted by Gasteiger charge is 2.13. The Balaban J connectivity index is 2.46. The Bertz CT molecular complexity index is 453. The van der Waals surface area contributed by atoms with Crippen LogP contribution in [0.3, 0.4) is 0 Å². The summed E-state index contributed by atoms with van der Waals surface area (Å²) in [5, 5.41) is 16.9. The molecule has 1 unspecified atom stereocenters. The van der Waals surface area contributed by atoms with Gasteiger partial charge in [0.15, 0.2) is 12.4 Å². The van der Waals surface area contributed by atoms with Crippen molar-refractivity contribution in [2.24, 2.45) is 0 Å². The van der Waals surface area contributed by atoms with Gasteiger partial charge >= 0.3 is 0 Å². The molecule has 2 rings (SSSR count). The molecule has 15 heavy (non-hydrogen) atoms. The average Bonchev–Trinajstić information content (AvgIpc) is 2.78. The molecule has 0 aliphatic carbocycles. The monoisotopic (exact) mass is 203 g/mol. The largest absolute Gasteiger partial charge is 0.379 e. The van der Waals surface area contributed by atoms with Crippen LogP contribution >= 0.6 is 0 Å². The molecule has 0 bridgehead atoms. The Hall–Kier alpha value is -2.01. The fourth-order valence-corrected chi connectivity index (χ4v) is 1.28. The maximum Gasteiger partial charge on any atom is 0.154 e. The molecule has 1 N–H and O–H groups in total. The van der Waals surface area contributed by atoms with Gasteiger partial charge < -0.3 is 9.90 Å². The van der Waals surface area contributed by atoms with Crippen molar-refractivity contribution in [2.75, 3.05) is 0 Å². The molecule has 76 valence electrons. The zero-order valence-corrected chi connectivity index (χ0v) is 7.82. The quantitative estimate of drug-likeness (QED) is 0.737. The standard InChI is InChI=1S/C10H9N3O2/c14-7-10(15)9-6-11-12-13(9)8-4-2-1-3-5-8/h1-7,10,15H. The van der Waals surface area contributed by atoms with Gasteiger partial charge in [0.25, 0.3) is 0 Å². The summed E-state index contributed by atoms with van der Waals surface area (Å²) >= 11 is 0. The van der Waals surface area contributed by atoms with Crippen molar-refractivity contribution >= 4 is 6.29 Å². The molecule has 0 aliphatic heterocycles. The first kappa shape index (κ1) is 9.54. The van der Waals surface area contributed by atoms with Gasteiger partial charge in [0.05, 0.1) is 11.9 Å². The van der Waals surface area contributed by atoms with Gasteiger partial charge in [-0.3, -0.25) is 0 Å². The highest BCUT2D eigenvalue weighted by atomic mass is 16.3. The van der Waals surface area contributed by atoms with Crippen LogP contribution < -0.4 is 0 Å². The molecule has 1 aromatic heterocycles. The van der Waals surface area contributed by atoms with E-state index in [0.717, 1.165) is 5.69 Å². The van der Waals surface area contributed by atoms with Crippen molar-refractivity contribution in [1.82, 2.24) is 15.0 Å². The first-order chi connectivity index (χ1) is 7.33. The van der Waals surface area contributed by atoms with Gasteiger partial charge in [-0.2, -0.15) is 0 Å². The summed E-state index contributed by atoms with van der Waals surface area (Å²) in [5.41, 5.74) is 1.11. The fourth-order valence-electron chi connectivity index (χ4n) is 1.28. The SMILES string of the molecule is O=CC(O)c1cnnn1-c1ccccc1. The number of carbonyl (C=O) groups excluding carboxylic acids is 1. The Kier molecular flexibility index (Phi) is 2.55. The summed E-state index contributed by atoms with van der Waals surface area (Å²) in [6.07, 6.45) is 0.615. The maximum absolute atomic E-state index is 10.5. The molecule has 1 heterocycles. The molecule has 0 saturated heterocycles. The number of para-hydroxylation sites is 1. The van der Waals surface area contributed by atoms with Crippen molar-refractivity contribution in [3.8, 4) is 5.69 Å². The topological polar surface area (TPSA) is 68.0 Å². The molecule has 0 spiro atoms. The van der Waals surface area contributed by atoms with Crippen LogP contribution in [0.1, 0.15) is 11.8 Å². The summed E-state index contributed by atoms with van der Waals surface area (Å²) < 4.78 is 1.43. The zero-order valence-electron chi connectivity index (χ0n) is 7.82. The van der Waals surface area contributed by atoms with E-state index in [-0.39, 0.29) is 0 Å². The fraction of sp³-hybridized carbons (Fsp3) is 0.100. The maximum atomic E-state index is 10.5. The number of aliphatic hydroxyl groups excluding tert-OH is 1. The van der Waals surface area contributed by atoms with Crippen molar-refractivity contribution < 1.29 is 9.90 Å². The second-order valence-electron chi connectivity index (χ2n) is 2.99. The van der Waals surface area contributed by atoms with Gasteiger partial charge in [-0.1, -0.05) is 23.4 Å². The van der Waals surface area contributed by atoms with E-state index in [1.54, 1.807) is 0 Å². The summed E-state index contributed by atoms with van der Waals surface area (Å²) in [5.74, 6) is 0. The molecule has 5 nitrogen and oxygen atoms in total. The predicted octanol–water partition coefficient (Wildman–Crippen LogP) is 0.500. The number of aldehydes is 1. The summed E-state index contributed by atoms with van der Waals surface area (Å²) in [4.78, 5) is 10.5. The van der Waals surface area contributed by atoms with Gasteiger partial charge in [0.1, 0.15) is 5.69 Å². The van der Waals surface area contributed by atoms with Crippen molar-refractivity contribution in [2.45, 2.75) is 6.10 Å². The van der Waals surface area contributed by atoms with E-state index in [1.807, 2.05) is 30.3 Å². The van der Waals surface area contributed by atoms with E-state index in [2.05, 4.69) is 10.3 Å². The Labute approximate surface area is 86.0 Å². The number of nitrogens with zero attached hydrogens (tertiary/aromatic N) is 3. The lowest BCUT2D eigenvalue weighted by atomic mass is 10.2. The minimum Gasteiger partial charge on any atom is -0.379 e.